The van der Waals surface area contributed by atoms with Crippen LogP contribution in [-0.2, 0) is 0 Å². The zero-order valence-electron chi connectivity index (χ0n) is 15.8. The Bertz CT molecular complexity index is 471. The van der Waals surface area contributed by atoms with Crippen molar-refractivity contribution < 1.29 is 13.3 Å². The molecule has 0 radical (unpaired) electrons. The van der Waals surface area contributed by atoms with Crippen LogP contribution >= 0.6 is 0 Å². The molecule has 2 heteroatoms. The van der Waals surface area contributed by atoms with Gasteiger partial charge >= 0.3 is 0 Å². The summed E-state index contributed by atoms with van der Waals surface area (Å²) in [5.74, 6) is -0.0707. The van der Waals surface area contributed by atoms with Crippen LogP contribution in [0.25, 0.3) is 0 Å². The molecule has 0 aliphatic carbocycles. The molecule has 90 valence electrons. The van der Waals surface area contributed by atoms with Crippen molar-refractivity contribution in [3.8, 4) is 5.75 Å². The van der Waals surface area contributed by atoms with Crippen LogP contribution in [0.4, 0.5) is 0 Å². The summed E-state index contributed by atoms with van der Waals surface area (Å²) in [7, 11) is 0. The fourth-order valence-corrected chi connectivity index (χ4v) is 2.14. The Morgan fingerprint density at radius 1 is 1.44 bits per heavy atom. The van der Waals surface area contributed by atoms with Gasteiger partial charge in [0.15, 0.2) is 0 Å². The highest BCUT2D eigenvalue weighted by molar-refractivity contribution is 5.30. The third kappa shape index (κ3) is 3.53. The lowest BCUT2D eigenvalue weighted by Gasteiger charge is -2.26. The molecule has 0 aliphatic heterocycles. The van der Waals surface area contributed by atoms with Crippen LogP contribution < -0.4 is 0 Å². The minimum absolute atomic E-state index is 0.0284. The molecular weight excluding hydrogens is 198 g/mol. The number of phenols is 1. The predicted octanol–water partition coefficient (Wildman–Crippen LogP) is 3.08. The molecule has 1 rings (SSSR count). The second kappa shape index (κ2) is 5.90. The minimum atomic E-state index is -2.67. The molecule has 0 aromatic heterocycles. The molecule has 0 spiro atoms. The summed E-state index contributed by atoms with van der Waals surface area (Å²) in [5.41, 5.74) is 0.881. The van der Waals surface area contributed by atoms with Crippen LogP contribution in [0, 0.1) is 5.92 Å². The molecule has 0 heterocycles. The van der Waals surface area contributed by atoms with E-state index in [1.807, 2.05) is 19.9 Å². The smallest absolute Gasteiger partial charge is 0.115 e. The third-order valence-electron chi connectivity index (χ3n) is 2.90. The Labute approximate surface area is 107 Å². The maximum Gasteiger partial charge on any atom is 0.115 e. The molecule has 2 atom stereocenters. The van der Waals surface area contributed by atoms with E-state index in [2.05, 4.69) is 0 Å². The van der Waals surface area contributed by atoms with Crippen molar-refractivity contribution in [2.45, 2.75) is 26.2 Å². The number of phenolic OH excluding ortho intramolecular Hbond substituents is 1. The number of benzene rings is 1. The summed E-state index contributed by atoms with van der Waals surface area (Å²) in [6.45, 7) is -1.61. The van der Waals surface area contributed by atoms with Gasteiger partial charge in [0.1, 0.15) is 5.75 Å². The Kier molecular flexibility index (Phi) is 2.45. The molecule has 1 aromatic carbocycles. The van der Waals surface area contributed by atoms with Crippen molar-refractivity contribution >= 4 is 0 Å². The summed E-state index contributed by atoms with van der Waals surface area (Å²) in [4.78, 5) is 0.593. The average molecular weight is 227 g/mol. The molecule has 0 aliphatic rings. The zero-order valence-corrected chi connectivity index (χ0v) is 9.77. The summed E-state index contributed by atoms with van der Waals surface area (Å²) < 4.78 is 44.6. The van der Waals surface area contributed by atoms with Gasteiger partial charge in [0, 0.05) is 14.8 Å². The second-order valence-electron chi connectivity index (χ2n) is 4.20. The molecule has 1 N–H and O–H groups in total. The molecule has 0 saturated heterocycles. The average Bonchev–Trinajstić information content (AvgIpc) is 2.34. The first-order valence-electron chi connectivity index (χ1n) is 8.53. The fraction of sp³-hybridized carbons (Fsp3) is 0.571. The maximum absolute atomic E-state index is 9.59. The highest BCUT2D eigenvalue weighted by Gasteiger charge is 2.18. The molecule has 0 unspecified atom stereocenters. The van der Waals surface area contributed by atoms with Crippen LogP contribution in [0.1, 0.15) is 40.0 Å². The van der Waals surface area contributed by atoms with E-state index in [4.69, 9.17) is 8.22 Å². The van der Waals surface area contributed by atoms with Crippen molar-refractivity contribution in [2.24, 2.45) is 5.92 Å². The van der Waals surface area contributed by atoms with Crippen LogP contribution in [-0.4, -0.2) is 30.5 Å². The zero-order chi connectivity index (χ0) is 17.1. The summed E-state index contributed by atoms with van der Waals surface area (Å²) >= 11 is 0. The molecule has 1 aromatic rings. The minimum Gasteiger partial charge on any atom is -0.508 e. The largest absolute Gasteiger partial charge is 0.508 e. The first kappa shape index (κ1) is 6.65. The van der Waals surface area contributed by atoms with E-state index in [0.29, 0.717) is 4.90 Å². The van der Waals surface area contributed by atoms with E-state index >= 15 is 0 Å². The molecule has 2 nitrogen and oxygen atoms in total. The Hall–Kier alpha value is -1.02. The molecule has 16 heavy (non-hydrogen) atoms. The van der Waals surface area contributed by atoms with Crippen molar-refractivity contribution in [1.29, 1.82) is 0 Å². The normalized spacial score (nSPS) is 22.2. The second-order valence-corrected chi connectivity index (χ2v) is 4.20. The highest BCUT2D eigenvalue weighted by atomic mass is 16.3. The van der Waals surface area contributed by atoms with Gasteiger partial charge in [-0.15, -0.1) is 0 Å². The summed E-state index contributed by atoms with van der Waals surface area (Å²) in [5, 5.41) is 9.59. The lowest BCUT2D eigenvalue weighted by Crippen LogP contribution is -2.24. The van der Waals surface area contributed by atoms with E-state index in [-0.39, 0.29) is 24.1 Å². The third-order valence-corrected chi connectivity index (χ3v) is 2.90. The molecule has 0 amide bonds. The highest BCUT2D eigenvalue weighted by Crippen LogP contribution is 2.30. The number of aromatic hydroxyl groups is 1. The van der Waals surface area contributed by atoms with E-state index in [1.165, 1.54) is 0 Å². The Morgan fingerprint density at radius 3 is 2.75 bits per heavy atom. The van der Waals surface area contributed by atoms with Gasteiger partial charge in [-0.3, -0.25) is 0 Å². The van der Waals surface area contributed by atoms with E-state index in [9.17, 15) is 5.11 Å². The standard InChI is InChI=1S/C14H23NO/c1-5-14(11(2)10-15(3)4)12-7-6-8-13(16)9-12/h6-9,11,14,16H,5,10H2,1-4H3/t11-,14+/m1/s1/i3D3,4D3. The van der Waals surface area contributed by atoms with E-state index < -0.39 is 14.0 Å². The van der Waals surface area contributed by atoms with Crippen molar-refractivity contribution in [3.63, 3.8) is 0 Å². The first-order valence-corrected chi connectivity index (χ1v) is 5.53. The summed E-state index contributed by atoms with van der Waals surface area (Å²) in [6.07, 6.45) is 0.723. The van der Waals surface area contributed by atoms with Crippen LogP contribution in [0.15, 0.2) is 24.3 Å². The van der Waals surface area contributed by atoms with E-state index in [1.54, 1.807) is 18.2 Å². The van der Waals surface area contributed by atoms with Gasteiger partial charge in [-0.05, 0) is 49.9 Å². The van der Waals surface area contributed by atoms with Crippen molar-refractivity contribution in [3.05, 3.63) is 29.8 Å². The molecular formula is C14H23NO. The SMILES string of the molecule is [2H]C([2H])([2H])N(C[C@@H](C)[C@H](CC)c1cccc(O)c1)C([2H])([2H])[2H]. The predicted molar refractivity (Wildman–Crippen MR) is 68.9 cm³/mol. The number of rotatable bonds is 5. The molecule has 0 fully saturated rings. The van der Waals surface area contributed by atoms with Gasteiger partial charge in [-0.25, -0.2) is 0 Å². The quantitative estimate of drug-likeness (QED) is 0.835. The van der Waals surface area contributed by atoms with Crippen molar-refractivity contribution in [1.82, 2.24) is 4.90 Å². The van der Waals surface area contributed by atoms with Crippen LogP contribution in [0.3, 0.4) is 0 Å². The first-order chi connectivity index (χ1) is 9.96. The number of nitrogens with zero attached hydrogens (tertiary/aromatic N) is 1. The van der Waals surface area contributed by atoms with Crippen LogP contribution in [0.2, 0.25) is 0 Å². The van der Waals surface area contributed by atoms with Crippen molar-refractivity contribution in [2.75, 3.05) is 20.5 Å². The summed E-state index contributed by atoms with van der Waals surface area (Å²) in [6, 6.07) is 6.79. The number of hydrogen-bond donors (Lipinski definition) is 1. The monoisotopic (exact) mass is 227 g/mol. The van der Waals surface area contributed by atoms with Gasteiger partial charge in [0.05, 0.1) is 0 Å². The Balaban J connectivity index is 2.99. The van der Waals surface area contributed by atoms with Gasteiger partial charge in [-0.1, -0.05) is 26.0 Å². The Morgan fingerprint density at radius 2 is 2.19 bits per heavy atom. The van der Waals surface area contributed by atoms with Gasteiger partial charge < -0.3 is 10.0 Å². The van der Waals surface area contributed by atoms with Gasteiger partial charge in [0.2, 0.25) is 0 Å². The van der Waals surface area contributed by atoms with Gasteiger partial charge in [0.25, 0.3) is 0 Å². The van der Waals surface area contributed by atoms with Gasteiger partial charge in [-0.2, -0.15) is 0 Å². The maximum atomic E-state index is 9.59. The van der Waals surface area contributed by atoms with E-state index in [0.717, 1.165) is 12.0 Å². The number of hydrogen-bond acceptors (Lipinski definition) is 2. The molecule has 0 bridgehead atoms. The lowest BCUT2D eigenvalue weighted by atomic mass is 9.85. The molecule has 0 saturated carbocycles. The fourth-order valence-electron chi connectivity index (χ4n) is 2.14. The van der Waals surface area contributed by atoms with Crippen LogP contribution in [0.5, 0.6) is 5.75 Å². The lowest BCUT2D eigenvalue weighted by molar-refractivity contribution is 0.301. The topological polar surface area (TPSA) is 23.5 Å².